The first-order chi connectivity index (χ1) is 23.3. The van der Waals surface area contributed by atoms with Crippen LogP contribution in [-0.4, -0.2) is 11.3 Å². The molecule has 7 aromatic carbocycles. The molecule has 2 aliphatic heterocycles. The molecule has 0 unspecified atom stereocenters. The van der Waals surface area contributed by atoms with Gasteiger partial charge in [0.2, 0.25) is 0 Å². The van der Waals surface area contributed by atoms with E-state index >= 15 is 0 Å². The maximum atomic E-state index is 2.69. The minimum Gasteiger partial charge on any atom is -0.375 e. The Bertz CT molecular complexity index is 3000. The van der Waals surface area contributed by atoms with Crippen molar-refractivity contribution in [1.29, 1.82) is 0 Å². The molecule has 12 rings (SSSR count). The summed E-state index contributed by atoms with van der Waals surface area (Å²) in [4.78, 5) is 3.93. The Hall–Kier alpha value is -5.36. The van der Waals surface area contributed by atoms with Gasteiger partial charge in [-0.15, -0.1) is 22.7 Å². The quantitative estimate of drug-likeness (QED) is 0.164. The SMILES string of the molecule is c1ccc2cc(N3c4cc5ccccc5cc4B4c5c3csc5-c3cc5c6ccccc6sc5c5c6ccccc6n4c35)ccc2c1. The summed E-state index contributed by atoms with van der Waals surface area (Å²) < 4.78 is 5.44. The van der Waals surface area contributed by atoms with E-state index in [1.54, 1.807) is 0 Å². The standard InChI is InChI=1S/C42H23BN2S2/c1-2-10-25-19-28(18-17-24(25)9-1)44-35-21-27-12-4-3-11-26(27)20-33(35)43-39-36(44)23-46-42(39)32-22-31-29-13-6-8-16-37(29)47-41(31)38-30-14-5-7-15-34(30)45(43)40(32)38/h1-23H. The summed E-state index contributed by atoms with van der Waals surface area (Å²) in [5.41, 5.74) is 10.6. The highest BCUT2D eigenvalue weighted by Gasteiger charge is 2.44. The molecule has 0 saturated heterocycles. The van der Waals surface area contributed by atoms with Crippen LogP contribution in [0.5, 0.6) is 0 Å². The topological polar surface area (TPSA) is 8.17 Å². The van der Waals surface area contributed by atoms with Crippen molar-refractivity contribution in [2.24, 2.45) is 0 Å². The van der Waals surface area contributed by atoms with Crippen LogP contribution in [0.4, 0.5) is 17.1 Å². The Labute approximate surface area is 278 Å². The highest BCUT2D eigenvalue weighted by atomic mass is 32.1. The number of para-hydroxylation sites is 1. The number of hydrogen-bond donors (Lipinski definition) is 0. The predicted octanol–water partition coefficient (Wildman–Crippen LogP) is 10.9. The Morgan fingerprint density at radius 2 is 1.30 bits per heavy atom. The summed E-state index contributed by atoms with van der Waals surface area (Å²) in [6.45, 7) is 0.0734. The van der Waals surface area contributed by atoms with Crippen LogP contribution < -0.4 is 15.8 Å². The second kappa shape index (κ2) is 8.71. The van der Waals surface area contributed by atoms with Crippen LogP contribution in [0.3, 0.4) is 0 Å². The minimum absolute atomic E-state index is 0.0734. The largest absolute Gasteiger partial charge is 0.375 e. The van der Waals surface area contributed by atoms with Gasteiger partial charge >= 0.3 is 6.85 Å². The zero-order valence-electron chi connectivity index (χ0n) is 25.1. The summed E-state index contributed by atoms with van der Waals surface area (Å²) in [6.07, 6.45) is 0. The molecule has 0 fully saturated rings. The number of benzene rings is 7. The number of aromatic nitrogens is 1. The van der Waals surface area contributed by atoms with E-state index in [2.05, 4.69) is 148 Å². The van der Waals surface area contributed by atoms with Gasteiger partial charge < -0.3 is 9.38 Å². The van der Waals surface area contributed by atoms with E-state index in [1.165, 1.54) is 102 Å². The lowest BCUT2D eigenvalue weighted by Gasteiger charge is -2.38. The number of nitrogens with zero attached hydrogens (tertiary/aromatic N) is 2. The lowest BCUT2D eigenvalue weighted by Crippen LogP contribution is -2.55. The van der Waals surface area contributed by atoms with E-state index in [0.717, 1.165) is 0 Å². The highest BCUT2D eigenvalue weighted by molar-refractivity contribution is 7.27. The number of rotatable bonds is 1. The number of thiophene rings is 2. The van der Waals surface area contributed by atoms with Gasteiger partial charge in [0.15, 0.2) is 0 Å². The molecule has 0 radical (unpaired) electrons. The summed E-state index contributed by atoms with van der Waals surface area (Å²) in [5.74, 6) is 0. The van der Waals surface area contributed by atoms with Gasteiger partial charge in [0, 0.05) is 69.2 Å². The van der Waals surface area contributed by atoms with Gasteiger partial charge in [-0.05, 0) is 68.9 Å². The van der Waals surface area contributed by atoms with Crippen LogP contribution >= 0.6 is 22.7 Å². The normalized spacial score (nSPS) is 13.4. The molecule has 3 aromatic heterocycles. The second-order valence-electron chi connectivity index (χ2n) is 12.9. The predicted molar refractivity (Wildman–Crippen MR) is 206 cm³/mol. The lowest BCUT2D eigenvalue weighted by atomic mass is 9.46. The highest BCUT2D eigenvalue weighted by Crippen LogP contribution is 2.52. The van der Waals surface area contributed by atoms with Crippen molar-refractivity contribution in [2.45, 2.75) is 0 Å². The van der Waals surface area contributed by atoms with Gasteiger partial charge in [-0.3, -0.25) is 0 Å². The molecule has 0 amide bonds. The Balaban J connectivity index is 1.26. The molecule has 47 heavy (non-hydrogen) atoms. The maximum absolute atomic E-state index is 2.69. The van der Waals surface area contributed by atoms with Crippen molar-refractivity contribution >= 4 is 121 Å². The van der Waals surface area contributed by atoms with Crippen LogP contribution in [0.1, 0.15) is 0 Å². The molecule has 5 heterocycles. The molecule has 0 saturated carbocycles. The van der Waals surface area contributed by atoms with Gasteiger partial charge in [0.1, 0.15) is 0 Å². The minimum atomic E-state index is 0.0734. The second-order valence-corrected chi connectivity index (χ2v) is 14.8. The molecule has 0 aliphatic carbocycles. The van der Waals surface area contributed by atoms with Gasteiger partial charge in [-0.1, -0.05) is 97.1 Å². The van der Waals surface area contributed by atoms with Crippen LogP contribution in [0.2, 0.25) is 0 Å². The summed E-state index contributed by atoms with van der Waals surface area (Å²) >= 11 is 3.85. The smallest absolute Gasteiger partial charge is 0.333 e. The van der Waals surface area contributed by atoms with Gasteiger partial charge in [0.05, 0.1) is 5.69 Å². The van der Waals surface area contributed by atoms with Gasteiger partial charge in [0.25, 0.3) is 0 Å². The Kier molecular flexibility index (Phi) is 4.60. The van der Waals surface area contributed by atoms with Crippen LogP contribution in [0.25, 0.3) is 74.0 Å². The molecular formula is C42H23BN2S2. The third-order valence-corrected chi connectivity index (χ3v) is 12.8. The van der Waals surface area contributed by atoms with Crippen LogP contribution in [0, 0.1) is 0 Å². The molecule has 0 spiro atoms. The molecule has 0 N–H and O–H groups in total. The van der Waals surface area contributed by atoms with Crippen molar-refractivity contribution in [1.82, 2.24) is 4.48 Å². The van der Waals surface area contributed by atoms with E-state index in [4.69, 9.17) is 0 Å². The fraction of sp³-hybridized carbons (Fsp3) is 0. The van der Waals surface area contributed by atoms with E-state index in [-0.39, 0.29) is 6.85 Å². The molecule has 5 heteroatoms. The Morgan fingerprint density at radius 1 is 0.574 bits per heavy atom. The number of fused-ring (bicyclic) bond motifs is 13. The molecule has 216 valence electrons. The molecule has 2 aliphatic rings. The average molecular weight is 631 g/mol. The number of anilines is 3. The molecular weight excluding hydrogens is 607 g/mol. The van der Waals surface area contributed by atoms with Crippen LogP contribution in [-0.2, 0) is 0 Å². The van der Waals surface area contributed by atoms with Crippen molar-refractivity contribution < 1.29 is 0 Å². The maximum Gasteiger partial charge on any atom is 0.333 e. The summed E-state index contributed by atoms with van der Waals surface area (Å²) in [7, 11) is 0. The van der Waals surface area contributed by atoms with Crippen molar-refractivity contribution in [3.8, 4) is 10.4 Å². The van der Waals surface area contributed by atoms with E-state index < -0.39 is 0 Å². The molecule has 0 bridgehead atoms. The van der Waals surface area contributed by atoms with Crippen molar-refractivity contribution in [3.05, 3.63) is 139 Å². The molecule has 0 atom stereocenters. The fourth-order valence-electron chi connectivity index (χ4n) is 8.62. The van der Waals surface area contributed by atoms with E-state index in [1.807, 2.05) is 22.7 Å². The van der Waals surface area contributed by atoms with E-state index in [0.29, 0.717) is 0 Å². The lowest BCUT2D eigenvalue weighted by molar-refractivity contribution is 1.28. The summed E-state index contributed by atoms with van der Waals surface area (Å²) in [6, 6.07) is 49.9. The number of hydrogen-bond acceptors (Lipinski definition) is 3. The first kappa shape index (κ1) is 24.8. The summed E-state index contributed by atoms with van der Waals surface area (Å²) in [5, 5.41) is 12.9. The fourth-order valence-corrected chi connectivity index (χ4v) is 10.9. The molecule has 2 nitrogen and oxygen atoms in total. The first-order valence-electron chi connectivity index (χ1n) is 16.1. The monoisotopic (exact) mass is 630 g/mol. The Morgan fingerprint density at radius 3 is 2.17 bits per heavy atom. The van der Waals surface area contributed by atoms with E-state index in [9.17, 15) is 0 Å². The van der Waals surface area contributed by atoms with Crippen molar-refractivity contribution in [3.63, 3.8) is 0 Å². The van der Waals surface area contributed by atoms with Gasteiger partial charge in [-0.2, -0.15) is 0 Å². The van der Waals surface area contributed by atoms with Gasteiger partial charge in [-0.25, -0.2) is 0 Å². The third kappa shape index (κ3) is 3.07. The zero-order chi connectivity index (χ0) is 30.4. The average Bonchev–Trinajstić information content (AvgIpc) is 3.82. The molecule has 10 aromatic rings. The first-order valence-corrected chi connectivity index (χ1v) is 17.8. The van der Waals surface area contributed by atoms with Crippen LogP contribution in [0.15, 0.2) is 139 Å². The third-order valence-electron chi connectivity index (χ3n) is 10.6. The zero-order valence-corrected chi connectivity index (χ0v) is 26.7. The van der Waals surface area contributed by atoms with Crippen molar-refractivity contribution in [2.75, 3.05) is 4.90 Å².